The smallest absolute Gasteiger partial charge is 0.406 e. The van der Waals surface area contributed by atoms with Crippen LogP contribution in [0.15, 0.2) is 42.6 Å². The second-order valence-corrected chi connectivity index (χ2v) is 6.87. The normalized spacial score (nSPS) is 20.8. The number of epoxide rings is 1. The molecule has 1 aliphatic rings. The molecule has 0 amide bonds. The summed E-state index contributed by atoms with van der Waals surface area (Å²) in [7, 11) is 0. The molecule has 24 heavy (non-hydrogen) atoms. The van der Waals surface area contributed by atoms with E-state index in [1.165, 1.54) is 12.1 Å². The van der Waals surface area contributed by atoms with E-state index in [9.17, 15) is 13.2 Å². The summed E-state index contributed by atoms with van der Waals surface area (Å²) in [5.74, 6) is -0.242. The molecule has 1 aromatic carbocycles. The van der Waals surface area contributed by atoms with E-state index in [1.54, 1.807) is 18.3 Å². The number of halogens is 3. The van der Waals surface area contributed by atoms with Crippen molar-refractivity contribution in [3.63, 3.8) is 0 Å². The van der Waals surface area contributed by atoms with E-state index in [0.717, 1.165) is 16.8 Å². The number of aromatic nitrogens is 1. The third-order valence-electron chi connectivity index (χ3n) is 4.24. The molecule has 0 saturated carbocycles. The maximum atomic E-state index is 12.2. The van der Waals surface area contributed by atoms with Gasteiger partial charge in [-0.05, 0) is 29.2 Å². The van der Waals surface area contributed by atoms with Crippen LogP contribution in [0.3, 0.4) is 0 Å². The van der Waals surface area contributed by atoms with Crippen LogP contribution in [0, 0.1) is 5.41 Å². The topological polar surface area (TPSA) is 34.6 Å². The molecule has 1 aliphatic heterocycles. The van der Waals surface area contributed by atoms with Crippen molar-refractivity contribution in [1.82, 2.24) is 4.98 Å². The van der Waals surface area contributed by atoms with Gasteiger partial charge < -0.3 is 9.47 Å². The van der Waals surface area contributed by atoms with Crippen molar-refractivity contribution in [2.45, 2.75) is 32.7 Å². The highest BCUT2D eigenvalue weighted by atomic mass is 19.4. The minimum atomic E-state index is -4.68. The first-order valence-corrected chi connectivity index (χ1v) is 7.57. The average molecular weight is 337 g/mol. The monoisotopic (exact) mass is 337 g/mol. The molecular formula is C18H18F3NO2. The lowest BCUT2D eigenvalue weighted by Gasteiger charge is -2.26. The van der Waals surface area contributed by atoms with Crippen LogP contribution in [-0.2, 0) is 10.3 Å². The van der Waals surface area contributed by atoms with E-state index in [-0.39, 0.29) is 16.8 Å². The van der Waals surface area contributed by atoms with E-state index in [4.69, 9.17) is 4.74 Å². The van der Waals surface area contributed by atoms with Crippen molar-refractivity contribution < 1.29 is 22.6 Å². The zero-order valence-electron chi connectivity index (χ0n) is 13.6. The van der Waals surface area contributed by atoms with Crippen LogP contribution in [0.25, 0.3) is 11.1 Å². The molecule has 0 radical (unpaired) electrons. The van der Waals surface area contributed by atoms with Gasteiger partial charge in [-0.1, -0.05) is 39.0 Å². The Hall–Kier alpha value is -2.08. The number of hydrogen-bond donors (Lipinski definition) is 0. The molecule has 0 bridgehead atoms. The van der Waals surface area contributed by atoms with E-state index in [2.05, 4.69) is 30.5 Å². The third kappa shape index (κ3) is 3.24. The van der Waals surface area contributed by atoms with Crippen LogP contribution in [0.1, 0.15) is 26.5 Å². The lowest BCUT2D eigenvalue weighted by atomic mass is 9.78. The van der Waals surface area contributed by atoms with Crippen LogP contribution in [0.4, 0.5) is 13.2 Å². The predicted molar refractivity (Wildman–Crippen MR) is 83.4 cm³/mol. The highest BCUT2D eigenvalue weighted by molar-refractivity contribution is 5.63. The van der Waals surface area contributed by atoms with E-state index >= 15 is 0 Å². The Morgan fingerprint density at radius 3 is 2.00 bits per heavy atom. The van der Waals surface area contributed by atoms with Gasteiger partial charge in [-0.25, -0.2) is 0 Å². The van der Waals surface area contributed by atoms with E-state index in [1.807, 2.05) is 12.1 Å². The first kappa shape index (κ1) is 16.8. The fourth-order valence-corrected chi connectivity index (χ4v) is 2.69. The highest BCUT2D eigenvalue weighted by Gasteiger charge is 2.56. The maximum Gasteiger partial charge on any atom is 0.573 e. The first-order valence-electron chi connectivity index (χ1n) is 7.57. The van der Waals surface area contributed by atoms with E-state index < -0.39 is 6.36 Å². The Balaban J connectivity index is 1.79. The predicted octanol–water partition coefficient (Wildman–Crippen LogP) is 4.92. The van der Waals surface area contributed by atoms with Crippen LogP contribution >= 0.6 is 0 Å². The van der Waals surface area contributed by atoms with Gasteiger partial charge in [-0.15, -0.1) is 13.2 Å². The summed E-state index contributed by atoms with van der Waals surface area (Å²) in [6.45, 7) is 6.96. The number of nitrogens with zero attached hydrogens (tertiary/aromatic N) is 1. The molecule has 6 heteroatoms. The summed E-state index contributed by atoms with van der Waals surface area (Å²) in [4.78, 5) is 4.50. The minimum absolute atomic E-state index is 0.0574. The van der Waals surface area contributed by atoms with Gasteiger partial charge in [0, 0.05) is 11.8 Å². The summed E-state index contributed by atoms with van der Waals surface area (Å²) in [5, 5.41) is 0. The van der Waals surface area contributed by atoms with Gasteiger partial charge >= 0.3 is 6.36 Å². The maximum absolute atomic E-state index is 12.2. The highest BCUT2D eigenvalue weighted by Crippen LogP contribution is 2.51. The molecule has 1 unspecified atom stereocenters. The number of hydrogen-bond acceptors (Lipinski definition) is 3. The first-order chi connectivity index (χ1) is 11.1. The summed E-state index contributed by atoms with van der Waals surface area (Å²) in [5.41, 5.74) is 2.05. The van der Waals surface area contributed by atoms with Gasteiger partial charge in [0.2, 0.25) is 0 Å². The molecular weight excluding hydrogens is 319 g/mol. The zero-order valence-corrected chi connectivity index (χ0v) is 13.6. The van der Waals surface area contributed by atoms with Gasteiger partial charge in [0.05, 0.1) is 12.3 Å². The average Bonchev–Trinajstić information content (AvgIpc) is 3.28. The van der Waals surface area contributed by atoms with Crippen LogP contribution < -0.4 is 4.74 Å². The molecule has 128 valence electrons. The van der Waals surface area contributed by atoms with Gasteiger partial charge in [0.15, 0.2) is 0 Å². The second kappa shape index (κ2) is 5.48. The quantitative estimate of drug-likeness (QED) is 0.746. The number of rotatable bonds is 3. The number of pyridine rings is 1. The summed E-state index contributed by atoms with van der Waals surface area (Å²) < 4.78 is 46.1. The van der Waals surface area contributed by atoms with Gasteiger partial charge in [0.25, 0.3) is 0 Å². The van der Waals surface area contributed by atoms with Crippen molar-refractivity contribution >= 4 is 0 Å². The molecule has 2 heterocycles. The fourth-order valence-electron chi connectivity index (χ4n) is 2.69. The lowest BCUT2D eigenvalue weighted by molar-refractivity contribution is -0.274. The SMILES string of the molecule is CC(C)(C)C1(c2ccc(-c3ccc(OC(F)(F)F)cc3)cn2)CO1. The van der Waals surface area contributed by atoms with Crippen molar-refractivity contribution in [2.75, 3.05) is 6.61 Å². The third-order valence-corrected chi connectivity index (χ3v) is 4.24. The van der Waals surface area contributed by atoms with Crippen molar-refractivity contribution in [3.05, 3.63) is 48.3 Å². The largest absolute Gasteiger partial charge is 0.573 e. The zero-order chi connectivity index (χ0) is 17.6. The molecule has 1 aromatic heterocycles. The molecule has 3 nitrogen and oxygen atoms in total. The van der Waals surface area contributed by atoms with Crippen molar-refractivity contribution in [3.8, 4) is 16.9 Å². The number of alkyl halides is 3. The Labute approximate surface area is 138 Å². The standard InChI is InChI=1S/C18H18F3NO2/c1-16(2,3)17(11-23-17)15-9-6-13(10-22-15)12-4-7-14(8-5-12)24-18(19,20)21/h4-10H,11H2,1-3H3. The Kier molecular flexibility index (Phi) is 3.83. The van der Waals surface area contributed by atoms with Gasteiger partial charge in [-0.3, -0.25) is 4.98 Å². The molecule has 2 aromatic rings. The fraction of sp³-hybridized carbons (Fsp3) is 0.389. The number of ether oxygens (including phenoxy) is 2. The molecule has 3 rings (SSSR count). The molecule has 0 spiro atoms. The number of benzene rings is 1. The second-order valence-electron chi connectivity index (χ2n) is 6.87. The van der Waals surface area contributed by atoms with Gasteiger partial charge in [0.1, 0.15) is 11.4 Å². The van der Waals surface area contributed by atoms with Gasteiger partial charge in [-0.2, -0.15) is 0 Å². The molecule has 1 atom stereocenters. The Morgan fingerprint density at radius 2 is 1.58 bits per heavy atom. The minimum Gasteiger partial charge on any atom is -0.406 e. The van der Waals surface area contributed by atoms with Crippen molar-refractivity contribution in [1.29, 1.82) is 0 Å². The van der Waals surface area contributed by atoms with Crippen LogP contribution in [0.5, 0.6) is 5.75 Å². The Bertz CT molecular complexity index is 712. The molecule has 0 aliphatic carbocycles. The summed E-state index contributed by atoms with van der Waals surface area (Å²) in [6, 6.07) is 9.54. The molecule has 1 fully saturated rings. The summed E-state index contributed by atoms with van der Waals surface area (Å²) in [6.07, 6.45) is -2.97. The lowest BCUT2D eigenvalue weighted by Crippen LogP contribution is -2.28. The molecule has 1 saturated heterocycles. The van der Waals surface area contributed by atoms with Crippen LogP contribution in [-0.4, -0.2) is 18.0 Å². The molecule has 0 N–H and O–H groups in total. The Morgan fingerprint density at radius 1 is 1.00 bits per heavy atom. The van der Waals surface area contributed by atoms with Crippen molar-refractivity contribution in [2.24, 2.45) is 5.41 Å². The summed E-state index contributed by atoms with van der Waals surface area (Å²) >= 11 is 0. The van der Waals surface area contributed by atoms with E-state index in [0.29, 0.717) is 6.61 Å². The van der Waals surface area contributed by atoms with Crippen LogP contribution in [0.2, 0.25) is 0 Å².